The molecule has 0 radical (unpaired) electrons. The van der Waals surface area contributed by atoms with Crippen LogP contribution in [-0.2, 0) is 9.59 Å². The first-order valence-electron chi connectivity index (χ1n) is 6.71. The summed E-state index contributed by atoms with van der Waals surface area (Å²) in [5, 5.41) is 7.26. The number of amides is 2. The van der Waals surface area contributed by atoms with Crippen molar-refractivity contribution in [2.45, 2.75) is 30.4 Å². The van der Waals surface area contributed by atoms with Crippen LogP contribution in [0, 0.1) is 6.92 Å². The van der Waals surface area contributed by atoms with Gasteiger partial charge in [-0.05, 0) is 38.1 Å². The second-order valence-corrected chi connectivity index (χ2v) is 7.21. The quantitative estimate of drug-likeness (QED) is 0.820. The van der Waals surface area contributed by atoms with Gasteiger partial charge < -0.3 is 10.6 Å². The highest BCUT2D eigenvalue weighted by molar-refractivity contribution is 8.02. The molecule has 0 bridgehead atoms. The van der Waals surface area contributed by atoms with Gasteiger partial charge in [-0.2, -0.15) is 0 Å². The van der Waals surface area contributed by atoms with E-state index in [2.05, 4.69) is 15.6 Å². The number of thioether (sulfide) groups is 1. The molecule has 2 rings (SSSR count). The van der Waals surface area contributed by atoms with Gasteiger partial charge in [-0.25, -0.2) is 4.98 Å². The summed E-state index contributed by atoms with van der Waals surface area (Å²) in [5.74, 6) is -0.203. The van der Waals surface area contributed by atoms with E-state index >= 15 is 0 Å². The van der Waals surface area contributed by atoms with Crippen molar-refractivity contribution in [2.75, 3.05) is 10.6 Å². The predicted molar refractivity (Wildman–Crippen MR) is 91.5 cm³/mol. The first-order chi connectivity index (χ1) is 10.4. The topological polar surface area (TPSA) is 71.1 Å². The number of aryl methyl sites for hydroxylation is 1. The van der Waals surface area contributed by atoms with E-state index in [1.165, 1.54) is 18.7 Å². The summed E-state index contributed by atoms with van der Waals surface area (Å²) in [5.41, 5.74) is 2.36. The third kappa shape index (κ3) is 4.85. The molecule has 0 saturated carbocycles. The summed E-state index contributed by atoms with van der Waals surface area (Å²) in [6.07, 6.45) is 0. The number of hydrogen-bond donors (Lipinski definition) is 2. The molecule has 5 nitrogen and oxygen atoms in total. The van der Waals surface area contributed by atoms with Crippen LogP contribution in [0.2, 0.25) is 0 Å². The molecule has 1 aromatic carbocycles. The highest BCUT2D eigenvalue weighted by atomic mass is 32.2. The number of benzene rings is 1. The highest BCUT2D eigenvalue weighted by Crippen LogP contribution is 2.27. The van der Waals surface area contributed by atoms with E-state index in [1.807, 2.05) is 19.2 Å². The molecule has 0 aliphatic heterocycles. The molecule has 2 amide bonds. The zero-order valence-corrected chi connectivity index (χ0v) is 14.2. The van der Waals surface area contributed by atoms with Gasteiger partial charge in [0.15, 0.2) is 4.34 Å². The molecule has 0 aliphatic rings. The van der Waals surface area contributed by atoms with Crippen LogP contribution in [0.1, 0.15) is 19.5 Å². The maximum absolute atomic E-state index is 12.2. The second kappa shape index (κ2) is 7.42. The summed E-state index contributed by atoms with van der Waals surface area (Å²) in [6.45, 7) is 5.24. The highest BCUT2D eigenvalue weighted by Gasteiger charge is 2.16. The number of aromatic nitrogens is 1. The zero-order valence-electron chi connectivity index (χ0n) is 12.5. The Morgan fingerprint density at radius 2 is 1.77 bits per heavy atom. The minimum absolute atomic E-state index is 0.0786. The lowest BCUT2D eigenvalue weighted by atomic mass is 10.2. The van der Waals surface area contributed by atoms with E-state index in [0.29, 0.717) is 11.4 Å². The maximum atomic E-state index is 12.2. The number of carbonyl (C=O) groups is 2. The standard InChI is InChI=1S/C15H17N3O2S2/c1-9-8-21-15(16-9)22-10(2)14(20)18-13-6-4-12(5-7-13)17-11(3)19/h4-8,10H,1-3H3,(H,17,19)(H,18,20). The number of rotatable bonds is 5. The summed E-state index contributed by atoms with van der Waals surface area (Å²) in [6, 6.07) is 7.01. The predicted octanol–water partition coefficient (Wildman–Crippen LogP) is 3.53. The van der Waals surface area contributed by atoms with E-state index in [-0.39, 0.29) is 17.1 Å². The molecule has 1 heterocycles. The Hall–Kier alpha value is -1.86. The van der Waals surface area contributed by atoms with Crippen LogP contribution < -0.4 is 10.6 Å². The smallest absolute Gasteiger partial charge is 0.237 e. The number of carbonyl (C=O) groups excluding carboxylic acids is 2. The number of nitrogens with zero attached hydrogens (tertiary/aromatic N) is 1. The van der Waals surface area contributed by atoms with Gasteiger partial charge in [-0.1, -0.05) is 11.8 Å². The van der Waals surface area contributed by atoms with Crippen molar-refractivity contribution in [2.24, 2.45) is 0 Å². The summed E-state index contributed by atoms with van der Waals surface area (Å²) in [4.78, 5) is 27.5. The number of anilines is 2. The monoisotopic (exact) mass is 335 g/mol. The van der Waals surface area contributed by atoms with Gasteiger partial charge in [0.05, 0.1) is 5.25 Å². The molecule has 0 aliphatic carbocycles. The van der Waals surface area contributed by atoms with Crippen LogP contribution in [0.3, 0.4) is 0 Å². The van der Waals surface area contributed by atoms with Gasteiger partial charge in [0, 0.05) is 29.4 Å². The van der Waals surface area contributed by atoms with Gasteiger partial charge in [0.2, 0.25) is 11.8 Å². The Balaban J connectivity index is 1.91. The summed E-state index contributed by atoms with van der Waals surface area (Å²) < 4.78 is 0.890. The van der Waals surface area contributed by atoms with E-state index < -0.39 is 0 Å². The van der Waals surface area contributed by atoms with Crippen molar-refractivity contribution >= 4 is 46.3 Å². The Labute approximate surface area is 137 Å². The van der Waals surface area contributed by atoms with Gasteiger partial charge in [0.25, 0.3) is 0 Å². The molecule has 22 heavy (non-hydrogen) atoms. The lowest BCUT2D eigenvalue weighted by Gasteiger charge is -2.11. The first-order valence-corrected chi connectivity index (χ1v) is 8.47. The van der Waals surface area contributed by atoms with Crippen molar-refractivity contribution < 1.29 is 9.59 Å². The molecule has 1 aromatic heterocycles. The molecule has 2 aromatic rings. The summed E-state index contributed by atoms with van der Waals surface area (Å²) in [7, 11) is 0. The molecule has 7 heteroatoms. The zero-order chi connectivity index (χ0) is 16.1. The largest absolute Gasteiger partial charge is 0.326 e. The average Bonchev–Trinajstić information content (AvgIpc) is 2.85. The lowest BCUT2D eigenvalue weighted by Crippen LogP contribution is -2.22. The first kappa shape index (κ1) is 16.5. The molecule has 1 unspecified atom stereocenters. The molecule has 0 spiro atoms. The minimum atomic E-state index is -0.236. The van der Waals surface area contributed by atoms with Crippen molar-refractivity contribution in [3.63, 3.8) is 0 Å². The van der Waals surface area contributed by atoms with Crippen molar-refractivity contribution in [1.29, 1.82) is 0 Å². The van der Waals surface area contributed by atoms with Gasteiger partial charge in [-0.3, -0.25) is 9.59 Å². The molecule has 1 atom stereocenters. The fourth-order valence-corrected chi connectivity index (χ4v) is 3.66. The third-order valence-corrected chi connectivity index (χ3v) is 4.91. The van der Waals surface area contributed by atoms with Crippen LogP contribution in [0.5, 0.6) is 0 Å². The Morgan fingerprint density at radius 1 is 1.18 bits per heavy atom. The van der Waals surface area contributed by atoms with Crippen molar-refractivity contribution in [3.8, 4) is 0 Å². The summed E-state index contributed by atoms with van der Waals surface area (Å²) >= 11 is 2.98. The third-order valence-electron chi connectivity index (χ3n) is 2.72. The number of nitrogens with one attached hydrogen (secondary N) is 2. The molecule has 0 saturated heterocycles. The second-order valence-electron chi connectivity index (χ2n) is 4.76. The lowest BCUT2D eigenvalue weighted by molar-refractivity contribution is -0.115. The van der Waals surface area contributed by atoms with E-state index in [9.17, 15) is 9.59 Å². The molecule has 2 N–H and O–H groups in total. The average molecular weight is 335 g/mol. The van der Waals surface area contributed by atoms with Crippen molar-refractivity contribution in [3.05, 3.63) is 35.3 Å². The van der Waals surface area contributed by atoms with Crippen LogP contribution in [0.15, 0.2) is 34.0 Å². The van der Waals surface area contributed by atoms with Crippen LogP contribution in [0.4, 0.5) is 11.4 Å². The SMILES string of the molecule is CC(=O)Nc1ccc(NC(=O)C(C)Sc2nc(C)cs2)cc1. The van der Waals surface area contributed by atoms with Gasteiger partial charge in [0.1, 0.15) is 0 Å². The normalized spacial score (nSPS) is 11.8. The molecular formula is C15H17N3O2S2. The molecule has 0 fully saturated rings. The minimum Gasteiger partial charge on any atom is -0.326 e. The van der Waals surface area contributed by atoms with E-state index in [0.717, 1.165) is 10.0 Å². The molecular weight excluding hydrogens is 318 g/mol. The Morgan fingerprint density at radius 3 is 2.27 bits per heavy atom. The van der Waals surface area contributed by atoms with Gasteiger partial charge >= 0.3 is 0 Å². The maximum Gasteiger partial charge on any atom is 0.237 e. The van der Waals surface area contributed by atoms with Crippen molar-refractivity contribution in [1.82, 2.24) is 4.98 Å². The van der Waals surface area contributed by atoms with E-state index in [4.69, 9.17) is 0 Å². The van der Waals surface area contributed by atoms with Crippen LogP contribution in [0.25, 0.3) is 0 Å². The fraction of sp³-hybridized carbons (Fsp3) is 0.267. The van der Waals surface area contributed by atoms with Crippen LogP contribution >= 0.6 is 23.1 Å². The van der Waals surface area contributed by atoms with E-state index in [1.54, 1.807) is 35.6 Å². The number of thiazole rings is 1. The fourth-order valence-electron chi connectivity index (χ4n) is 1.68. The van der Waals surface area contributed by atoms with Crippen LogP contribution in [-0.4, -0.2) is 22.0 Å². The Bertz CT molecular complexity index is 668. The molecule has 116 valence electrons. The Kier molecular flexibility index (Phi) is 5.57. The number of hydrogen-bond acceptors (Lipinski definition) is 5. The van der Waals surface area contributed by atoms with Gasteiger partial charge in [-0.15, -0.1) is 11.3 Å².